The van der Waals surface area contributed by atoms with Crippen LogP contribution in [0.3, 0.4) is 0 Å². The number of thiophene rings is 1. The van der Waals surface area contributed by atoms with Gasteiger partial charge in [-0.3, -0.25) is 0 Å². The summed E-state index contributed by atoms with van der Waals surface area (Å²) < 4.78 is 9.78. The lowest BCUT2D eigenvalue weighted by Crippen LogP contribution is -2.13. The van der Waals surface area contributed by atoms with E-state index < -0.39 is 0 Å². The molecule has 0 amide bonds. The second kappa shape index (κ2) is 15.0. The summed E-state index contributed by atoms with van der Waals surface area (Å²) in [6.07, 6.45) is 0. The molecule has 0 atom stereocenters. The molecule has 0 bridgehead atoms. The third-order valence-corrected chi connectivity index (χ3v) is 13.2. The lowest BCUT2D eigenvalue weighted by molar-refractivity contribution is 0.669. The van der Waals surface area contributed by atoms with Gasteiger partial charge in [-0.05, 0) is 99.8 Å². The zero-order chi connectivity index (χ0) is 41.0. The van der Waals surface area contributed by atoms with Gasteiger partial charge in [-0.25, -0.2) is 0 Å². The van der Waals surface area contributed by atoms with Crippen LogP contribution >= 0.6 is 11.3 Å². The molecule has 0 spiro atoms. The van der Waals surface area contributed by atoms with E-state index in [1.807, 2.05) is 11.3 Å². The molecule has 4 heteroatoms. The summed E-state index contributed by atoms with van der Waals surface area (Å²) >= 11 is 1.84. The van der Waals surface area contributed by atoms with Crippen LogP contribution in [0.1, 0.15) is 0 Å². The molecule has 0 saturated carbocycles. The average molecular weight is 811 g/mol. The van der Waals surface area contributed by atoms with Crippen LogP contribution in [0, 0.1) is 0 Å². The number of fused-ring (bicyclic) bond motifs is 8. The van der Waals surface area contributed by atoms with Crippen molar-refractivity contribution in [2.75, 3.05) is 9.80 Å². The van der Waals surface area contributed by atoms with Crippen molar-refractivity contribution < 1.29 is 4.42 Å². The van der Waals surface area contributed by atoms with Crippen LogP contribution in [0.2, 0.25) is 0 Å². The SMILES string of the molecule is c1ccc(-c2cccc(N(c3ccc(N(c4ccccc4)c4cccc(-c5ccccc5)c4)c4c3oc3ccc5ccccc5c34)c3cccc4c3sc3ccccc34)c2)cc1. The molecule has 3 nitrogen and oxygen atoms in total. The predicted molar refractivity (Wildman–Crippen MR) is 264 cm³/mol. The Morgan fingerprint density at radius 2 is 0.887 bits per heavy atom. The maximum atomic E-state index is 7.29. The first-order valence-electron chi connectivity index (χ1n) is 21.0. The molecule has 62 heavy (non-hydrogen) atoms. The molecule has 0 unspecified atom stereocenters. The Morgan fingerprint density at radius 3 is 1.61 bits per heavy atom. The van der Waals surface area contributed by atoms with Crippen LogP contribution in [0.5, 0.6) is 0 Å². The molecule has 0 N–H and O–H groups in total. The van der Waals surface area contributed by atoms with Crippen molar-refractivity contribution in [1.82, 2.24) is 0 Å². The van der Waals surface area contributed by atoms with Gasteiger partial charge in [0, 0.05) is 37.9 Å². The molecule has 0 radical (unpaired) electrons. The molecule has 0 aliphatic heterocycles. The summed E-state index contributed by atoms with van der Waals surface area (Å²) in [5.41, 5.74) is 12.6. The minimum Gasteiger partial charge on any atom is -0.454 e. The Labute approximate surface area is 363 Å². The van der Waals surface area contributed by atoms with Crippen LogP contribution < -0.4 is 9.80 Å². The Kier molecular flexibility index (Phi) is 8.68. The maximum Gasteiger partial charge on any atom is 0.161 e. The number of anilines is 6. The van der Waals surface area contributed by atoms with Gasteiger partial charge in [0.05, 0.1) is 27.1 Å². The Balaban J connectivity index is 1.18. The highest BCUT2D eigenvalue weighted by molar-refractivity contribution is 7.26. The normalized spacial score (nSPS) is 11.5. The molecule has 12 rings (SSSR count). The molecule has 0 aliphatic carbocycles. The summed E-state index contributed by atoms with van der Waals surface area (Å²) in [6, 6.07) is 82.7. The smallest absolute Gasteiger partial charge is 0.161 e. The number of hydrogen-bond acceptors (Lipinski definition) is 4. The number of hydrogen-bond donors (Lipinski definition) is 0. The highest BCUT2D eigenvalue weighted by atomic mass is 32.1. The van der Waals surface area contributed by atoms with Crippen molar-refractivity contribution in [2.24, 2.45) is 0 Å². The van der Waals surface area contributed by atoms with E-state index >= 15 is 0 Å². The maximum absolute atomic E-state index is 7.29. The van der Waals surface area contributed by atoms with E-state index in [2.05, 4.69) is 240 Å². The lowest BCUT2D eigenvalue weighted by Gasteiger charge is -2.30. The van der Waals surface area contributed by atoms with E-state index in [0.29, 0.717) is 0 Å². The van der Waals surface area contributed by atoms with Crippen molar-refractivity contribution in [1.29, 1.82) is 0 Å². The first-order chi connectivity index (χ1) is 30.8. The second-order valence-electron chi connectivity index (χ2n) is 15.7. The third kappa shape index (κ3) is 6.03. The van der Waals surface area contributed by atoms with Gasteiger partial charge in [-0.15, -0.1) is 11.3 Å². The van der Waals surface area contributed by atoms with E-state index in [1.54, 1.807) is 0 Å². The van der Waals surface area contributed by atoms with E-state index in [-0.39, 0.29) is 0 Å². The second-order valence-corrected chi connectivity index (χ2v) is 16.7. The van der Waals surface area contributed by atoms with Gasteiger partial charge in [-0.1, -0.05) is 164 Å². The van der Waals surface area contributed by atoms with Crippen molar-refractivity contribution in [3.63, 3.8) is 0 Å². The van der Waals surface area contributed by atoms with E-state index in [1.165, 1.54) is 36.7 Å². The van der Waals surface area contributed by atoms with Gasteiger partial charge in [-0.2, -0.15) is 0 Å². The fraction of sp³-hybridized carbons (Fsp3) is 0. The monoisotopic (exact) mass is 810 g/mol. The van der Waals surface area contributed by atoms with Crippen molar-refractivity contribution in [3.05, 3.63) is 231 Å². The topological polar surface area (TPSA) is 19.6 Å². The van der Waals surface area contributed by atoms with Crippen LogP contribution in [-0.4, -0.2) is 0 Å². The molecule has 2 aromatic heterocycles. The summed E-state index contributed by atoms with van der Waals surface area (Å²) in [5.74, 6) is 0. The van der Waals surface area contributed by atoms with Gasteiger partial charge in [0.15, 0.2) is 5.58 Å². The van der Waals surface area contributed by atoms with Crippen LogP contribution in [0.25, 0.3) is 75.1 Å². The summed E-state index contributed by atoms with van der Waals surface area (Å²) in [6.45, 7) is 0. The van der Waals surface area contributed by atoms with Gasteiger partial charge >= 0.3 is 0 Å². The molecule has 12 aromatic rings. The van der Waals surface area contributed by atoms with Crippen molar-refractivity contribution >= 4 is 98.3 Å². The van der Waals surface area contributed by atoms with Crippen molar-refractivity contribution in [3.8, 4) is 22.3 Å². The standard InChI is InChI=1S/C58H38N2OS/c1-4-17-39(18-5-1)42-22-14-26-45(37-42)59(44-24-8-3-9-25-44)50-34-35-51(57-56(50)55-47-28-11-10-21-41(47)33-36-53(55)61-57)60(46-27-15-23-43(38-46)40-19-6-2-7-20-40)52-31-16-30-49-48-29-12-13-32-54(48)62-58(49)52/h1-38H. The molecule has 0 saturated heterocycles. The number of benzene rings is 10. The lowest BCUT2D eigenvalue weighted by atomic mass is 10.00. The van der Waals surface area contributed by atoms with Crippen LogP contribution in [0.4, 0.5) is 34.1 Å². The van der Waals surface area contributed by atoms with E-state index in [4.69, 9.17) is 4.42 Å². The molecule has 292 valence electrons. The zero-order valence-electron chi connectivity index (χ0n) is 33.7. The Morgan fingerprint density at radius 1 is 0.339 bits per heavy atom. The third-order valence-electron chi connectivity index (χ3n) is 12.0. The highest BCUT2D eigenvalue weighted by Crippen LogP contribution is 2.52. The quantitative estimate of drug-likeness (QED) is 0.152. The van der Waals surface area contributed by atoms with Gasteiger partial charge in [0.2, 0.25) is 0 Å². The minimum atomic E-state index is 0.817. The zero-order valence-corrected chi connectivity index (χ0v) is 34.5. The first-order valence-corrected chi connectivity index (χ1v) is 21.8. The summed E-state index contributed by atoms with van der Waals surface area (Å²) in [7, 11) is 0. The number of para-hydroxylation sites is 1. The van der Waals surface area contributed by atoms with Crippen molar-refractivity contribution in [2.45, 2.75) is 0 Å². The summed E-state index contributed by atoms with van der Waals surface area (Å²) in [4.78, 5) is 4.81. The van der Waals surface area contributed by atoms with Gasteiger partial charge in [0.1, 0.15) is 5.58 Å². The van der Waals surface area contributed by atoms with E-state index in [0.717, 1.165) is 72.6 Å². The largest absolute Gasteiger partial charge is 0.454 e. The first kappa shape index (κ1) is 36.0. The molecule has 0 aliphatic rings. The Bertz CT molecular complexity index is 3590. The molecule has 2 heterocycles. The molecule has 10 aromatic carbocycles. The number of rotatable bonds is 8. The predicted octanol–water partition coefficient (Wildman–Crippen LogP) is 17.4. The minimum absolute atomic E-state index is 0.817. The molecular formula is C58H38N2OS. The molecule has 0 fully saturated rings. The number of nitrogens with zero attached hydrogens (tertiary/aromatic N) is 2. The van der Waals surface area contributed by atoms with Crippen LogP contribution in [-0.2, 0) is 0 Å². The van der Waals surface area contributed by atoms with Gasteiger partial charge < -0.3 is 14.2 Å². The fourth-order valence-corrected chi connectivity index (χ4v) is 10.4. The highest BCUT2D eigenvalue weighted by Gasteiger charge is 2.27. The van der Waals surface area contributed by atoms with Crippen LogP contribution in [0.15, 0.2) is 235 Å². The average Bonchev–Trinajstić information content (AvgIpc) is 3.94. The Hall–Kier alpha value is -7.92. The molecular weight excluding hydrogens is 773 g/mol. The summed E-state index contributed by atoms with van der Waals surface area (Å²) in [5, 5.41) is 6.96. The van der Waals surface area contributed by atoms with E-state index in [9.17, 15) is 0 Å². The fourth-order valence-electron chi connectivity index (χ4n) is 9.20. The van der Waals surface area contributed by atoms with Gasteiger partial charge in [0.25, 0.3) is 0 Å². The number of furan rings is 1.